The number of piperidine rings is 1. The van der Waals surface area contributed by atoms with E-state index in [1.165, 1.54) is 0 Å². The van der Waals surface area contributed by atoms with E-state index in [0.29, 0.717) is 42.3 Å². The first kappa shape index (κ1) is 33.9. The van der Waals surface area contributed by atoms with Gasteiger partial charge < -0.3 is 14.4 Å². The molecule has 7 heteroatoms. The number of halogens is 2. The second-order valence-electron chi connectivity index (χ2n) is 13.4. The number of carbonyl (C=O) groups is 1. The standard InChI is InChI=1S/C34H49Cl2NO3Si/c1-9-20-34(6)23-28(25-13-11-14-27(36)22-25)31(24-16-18-26(35)19-17-24)37(32(34)39)29(10-2)30(38)15-12-21-40-41(7,8)33(3,4)5/h9,11,13-14,16-19,22,28-31,38H,1,10,12,15,20-21,23H2,2-8H3/t28-,29+,30?,31?,34+/m1/s1. The van der Waals surface area contributed by atoms with Crippen LogP contribution in [0.25, 0.3) is 0 Å². The molecular formula is C34H49Cl2NO3Si. The van der Waals surface area contributed by atoms with Crippen LogP contribution in [0.5, 0.6) is 0 Å². The van der Waals surface area contributed by atoms with E-state index in [2.05, 4.69) is 53.4 Å². The summed E-state index contributed by atoms with van der Waals surface area (Å²) in [5.74, 6) is 0.0275. The number of nitrogens with zero attached hydrogens (tertiary/aromatic N) is 1. The minimum atomic E-state index is -1.87. The Morgan fingerprint density at radius 3 is 2.37 bits per heavy atom. The van der Waals surface area contributed by atoms with Crippen molar-refractivity contribution in [3.63, 3.8) is 0 Å². The van der Waals surface area contributed by atoms with Crippen LogP contribution < -0.4 is 0 Å². The SMILES string of the molecule is C=CC[C@@]1(C)C[C@H](c2cccc(Cl)c2)C(c2ccc(Cl)cc2)N([C@@H](CC)C(O)CCCO[Si](C)(C)C(C)(C)C)C1=O. The molecule has 0 spiro atoms. The van der Waals surface area contributed by atoms with E-state index in [1.54, 1.807) is 0 Å². The van der Waals surface area contributed by atoms with E-state index in [0.717, 1.165) is 17.5 Å². The van der Waals surface area contributed by atoms with Gasteiger partial charge in [0.15, 0.2) is 8.32 Å². The first-order valence-corrected chi connectivity index (χ1v) is 18.6. The predicted molar refractivity (Wildman–Crippen MR) is 175 cm³/mol. The number of rotatable bonds is 12. The molecule has 1 fully saturated rings. The lowest BCUT2D eigenvalue weighted by Crippen LogP contribution is -2.58. The Hall–Kier alpha value is -1.63. The maximum absolute atomic E-state index is 14.5. The zero-order valence-electron chi connectivity index (χ0n) is 25.9. The number of aliphatic hydroxyl groups is 1. The second-order valence-corrected chi connectivity index (χ2v) is 19.1. The molecule has 1 heterocycles. The topological polar surface area (TPSA) is 49.8 Å². The van der Waals surface area contributed by atoms with E-state index in [1.807, 2.05) is 60.4 Å². The Bertz CT molecular complexity index is 1180. The van der Waals surface area contributed by atoms with E-state index >= 15 is 0 Å². The van der Waals surface area contributed by atoms with Gasteiger partial charge in [-0.2, -0.15) is 0 Å². The van der Waals surface area contributed by atoms with Gasteiger partial charge in [0.1, 0.15) is 0 Å². The summed E-state index contributed by atoms with van der Waals surface area (Å²) in [5.41, 5.74) is 1.42. The van der Waals surface area contributed by atoms with Crippen molar-refractivity contribution in [2.24, 2.45) is 5.41 Å². The van der Waals surface area contributed by atoms with Crippen molar-refractivity contribution in [2.75, 3.05) is 6.61 Å². The molecule has 2 unspecified atom stereocenters. The van der Waals surface area contributed by atoms with E-state index in [-0.39, 0.29) is 28.9 Å². The monoisotopic (exact) mass is 617 g/mol. The van der Waals surface area contributed by atoms with E-state index in [4.69, 9.17) is 27.6 Å². The van der Waals surface area contributed by atoms with Gasteiger partial charge in [-0.15, -0.1) is 6.58 Å². The Morgan fingerprint density at radius 2 is 1.80 bits per heavy atom. The summed E-state index contributed by atoms with van der Waals surface area (Å²) in [4.78, 5) is 16.5. The molecule has 1 aliphatic heterocycles. The predicted octanol–water partition coefficient (Wildman–Crippen LogP) is 9.57. The van der Waals surface area contributed by atoms with Crippen molar-refractivity contribution in [2.45, 2.75) is 109 Å². The minimum absolute atomic E-state index is 0.0271. The Kier molecular flexibility index (Phi) is 11.4. The van der Waals surface area contributed by atoms with Gasteiger partial charge in [0.2, 0.25) is 5.91 Å². The van der Waals surface area contributed by atoms with Crippen LogP contribution in [0.1, 0.15) is 89.8 Å². The number of allylic oxidation sites excluding steroid dienone is 1. The number of aliphatic hydroxyl groups excluding tert-OH is 1. The van der Waals surface area contributed by atoms with Crippen molar-refractivity contribution >= 4 is 37.4 Å². The van der Waals surface area contributed by atoms with Crippen LogP contribution in [0.3, 0.4) is 0 Å². The number of amides is 1. The molecular weight excluding hydrogens is 569 g/mol. The fraction of sp³-hybridized carbons (Fsp3) is 0.559. The van der Waals surface area contributed by atoms with Crippen LogP contribution in [-0.4, -0.2) is 43.0 Å². The Labute approximate surface area is 259 Å². The fourth-order valence-electron chi connectivity index (χ4n) is 5.94. The second kappa shape index (κ2) is 13.8. The van der Waals surface area contributed by atoms with Gasteiger partial charge in [-0.25, -0.2) is 0 Å². The van der Waals surface area contributed by atoms with Crippen molar-refractivity contribution < 1.29 is 14.3 Å². The summed E-state index contributed by atoms with van der Waals surface area (Å²) in [5, 5.41) is 13.1. The van der Waals surface area contributed by atoms with Gasteiger partial charge in [0.05, 0.1) is 23.6 Å². The molecule has 1 amide bonds. The molecule has 0 saturated carbocycles. The molecule has 5 atom stereocenters. The minimum Gasteiger partial charge on any atom is -0.417 e. The lowest BCUT2D eigenvalue weighted by atomic mass is 9.66. The molecule has 3 rings (SSSR count). The van der Waals surface area contributed by atoms with Crippen molar-refractivity contribution in [3.05, 3.63) is 82.4 Å². The fourth-order valence-corrected chi connectivity index (χ4v) is 7.35. The summed E-state index contributed by atoms with van der Waals surface area (Å²) < 4.78 is 6.39. The van der Waals surface area contributed by atoms with E-state index < -0.39 is 19.8 Å². The smallest absolute Gasteiger partial charge is 0.229 e. The quantitative estimate of drug-likeness (QED) is 0.146. The molecule has 41 heavy (non-hydrogen) atoms. The van der Waals surface area contributed by atoms with Crippen molar-refractivity contribution in [1.82, 2.24) is 4.90 Å². The van der Waals surface area contributed by atoms with Gasteiger partial charge in [0.25, 0.3) is 0 Å². The summed E-state index contributed by atoms with van der Waals surface area (Å²) in [6.45, 7) is 19.9. The van der Waals surface area contributed by atoms with Crippen LogP contribution >= 0.6 is 23.2 Å². The van der Waals surface area contributed by atoms with Crippen LogP contribution in [0.2, 0.25) is 28.2 Å². The third-order valence-electron chi connectivity index (χ3n) is 9.32. The van der Waals surface area contributed by atoms with Crippen molar-refractivity contribution in [1.29, 1.82) is 0 Å². The zero-order chi connectivity index (χ0) is 30.6. The van der Waals surface area contributed by atoms with Crippen LogP contribution in [0, 0.1) is 5.41 Å². The highest BCUT2D eigenvalue weighted by atomic mass is 35.5. The molecule has 2 aromatic rings. The molecule has 1 N–H and O–H groups in total. The number of hydrogen-bond donors (Lipinski definition) is 1. The molecule has 0 aromatic heterocycles. The third-order valence-corrected chi connectivity index (χ3v) is 14.3. The number of benzene rings is 2. The molecule has 0 radical (unpaired) electrons. The molecule has 226 valence electrons. The average molecular weight is 619 g/mol. The molecule has 4 nitrogen and oxygen atoms in total. The Morgan fingerprint density at radius 1 is 1.15 bits per heavy atom. The average Bonchev–Trinajstić information content (AvgIpc) is 2.89. The normalized spacial score (nSPS) is 23.4. The molecule has 0 aliphatic carbocycles. The number of hydrogen-bond acceptors (Lipinski definition) is 3. The van der Waals surface area contributed by atoms with Gasteiger partial charge >= 0.3 is 0 Å². The highest BCUT2D eigenvalue weighted by Gasteiger charge is 2.51. The largest absolute Gasteiger partial charge is 0.417 e. The first-order valence-electron chi connectivity index (χ1n) is 14.9. The van der Waals surface area contributed by atoms with Gasteiger partial charge in [-0.05, 0) is 85.6 Å². The maximum atomic E-state index is 14.5. The lowest BCUT2D eigenvalue weighted by Gasteiger charge is -2.53. The summed E-state index contributed by atoms with van der Waals surface area (Å²) in [6, 6.07) is 15.1. The lowest BCUT2D eigenvalue weighted by molar-refractivity contribution is -0.158. The summed E-state index contributed by atoms with van der Waals surface area (Å²) >= 11 is 12.8. The van der Waals surface area contributed by atoms with Crippen LogP contribution in [0.15, 0.2) is 61.2 Å². The van der Waals surface area contributed by atoms with Crippen LogP contribution in [0.4, 0.5) is 0 Å². The molecule has 1 saturated heterocycles. The van der Waals surface area contributed by atoms with Gasteiger partial charge in [-0.3, -0.25) is 4.79 Å². The maximum Gasteiger partial charge on any atom is 0.229 e. The third kappa shape index (κ3) is 7.86. The van der Waals surface area contributed by atoms with Gasteiger partial charge in [-0.1, -0.05) is 88.2 Å². The highest BCUT2D eigenvalue weighted by Crippen LogP contribution is 2.52. The number of likely N-dealkylation sites (tertiary alicyclic amines) is 1. The van der Waals surface area contributed by atoms with E-state index in [9.17, 15) is 9.90 Å². The first-order chi connectivity index (χ1) is 19.1. The Balaban J connectivity index is 2.01. The molecule has 0 bridgehead atoms. The highest BCUT2D eigenvalue weighted by molar-refractivity contribution is 6.74. The van der Waals surface area contributed by atoms with Gasteiger partial charge in [0, 0.05) is 22.6 Å². The molecule has 2 aromatic carbocycles. The summed E-state index contributed by atoms with van der Waals surface area (Å²) in [7, 11) is -1.87. The molecule has 1 aliphatic rings. The number of carbonyl (C=O) groups excluding carboxylic acids is 1. The summed E-state index contributed by atoms with van der Waals surface area (Å²) in [6.07, 6.45) is 4.28. The zero-order valence-corrected chi connectivity index (χ0v) is 28.4. The van der Waals surface area contributed by atoms with Crippen molar-refractivity contribution in [3.8, 4) is 0 Å². The van der Waals surface area contributed by atoms with Crippen LogP contribution in [-0.2, 0) is 9.22 Å².